The van der Waals surface area contributed by atoms with Gasteiger partial charge in [0.15, 0.2) is 0 Å². The molecule has 1 aliphatic heterocycles. The minimum absolute atomic E-state index is 0.108. The fourth-order valence-electron chi connectivity index (χ4n) is 2.80. The smallest absolute Gasteiger partial charge is 0.272 e. The molecule has 7 nitrogen and oxygen atoms in total. The molecule has 2 heterocycles. The molecular weight excluding hydrogens is 332 g/mol. The van der Waals surface area contributed by atoms with Crippen LogP contribution in [0.3, 0.4) is 0 Å². The lowest BCUT2D eigenvalue weighted by molar-refractivity contribution is -0.119. The van der Waals surface area contributed by atoms with E-state index in [0.717, 1.165) is 23.4 Å². The quantitative estimate of drug-likeness (QED) is 0.798. The van der Waals surface area contributed by atoms with E-state index in [9.17, 15) is 9.59 Å². The molecule has 2 aromatic rings. The molecule has 136 valence electrons. The molecule has 0 bridgehead atoms. The number of methoxy groups -OCH3 is 1. The first-order valence-corrected chi connectivity index (χ1v) is 8.51. The van der Waals surface area contributed by atoms with Gasteiger partial charge in [0.05, 0.1) is 7.11 Å². The van der Waals surface area contributed by atoms with Crippen LogP contribution in [0.5, 0.6) is 5.75 Å². The van der Waals surface area contributed by atoms with Crippen LogP contribution in [0.2, 0.25) is 0 Å². The van der Waals surface area contributed by atoms with E-state index in [1.807, 2.05) is 30.3 Å². The number of carbonyl (C=O) groups excluding carboxylic acids is 2. The van der Waals surface area contributed by atoms with Gasteiger partial charge in [-0.15, -0.1) is 0 Å². The van der Waals surface area contributed by atoms with Gasteiger partial charge in [-0.05, 0) is 29.8 Å². The summed E-state index contributed by atoms with van der Waals surface area (Å²) >= 11 is 0. The Bertz CT molecular complexity index is 756. The Morgan fingerprint density at radius 2 is 1.92 bits per heavy atom. The highest BCUT2D eigenvalue weighted by Gasteiger charge is 2.22. The number of amides is 2. The van der Waals surface area contributed by atoms with Gasteiger partial charge in [0.1, 0.15) is 11.4 Å². The SMILES string of the molecule is COc1ccc(CNc2ccnc(C(=O)N3CCN(C=O)CC3)c2)cc1. The van der Waals surface area contributed by atoms with Crippen molar-refractivity contribution in [2.24, 2.45) is 0 Å². The Hall–Kier alpha value is -3.09. The van der Waals surface area contributed by atoms with Gasteiger partial charge in [-0.3, -0.25) is 14.6 Å². The second-order valence-corrected chi connectivity index (χ2v) is 6.06. The molecule has 2 amide bonds. The van der Waals surface area contributed by atoms with Crippen molar-refractivity contribution in [1.82, 2.24) is 14.8 Å². The molecule has 0 unspecified atom stereocenters. The molecule has 3 rings (SSSR count). The summed E-state index contributed by atoms with van der Waals surface area (Å²) in [5.74, 6) is 0.712. The molecule has 0 spiro atoms. The number of ether oxygens (including phenoxy) is 1. The van der Waals surface area contributed by atoms with E-state index in [1.165, 1.54) is 0 Å². The highest BCUT2D eigenvalue weighted by atomic mass is 16.5. The fourth-order valence-corrected chi connectivity index (χ4v) is 2.80. The molecule has 1 aromatic carbocycles. The molecule has 0 saturated carbocycles. The summed E-state index contributed by atoms with van der Waals surface area (Å²) in [7, 11) is 1.64. The van der Waals surface area contributed by atoms with E-state index in [1.54, 1.807) is 29.2 Å². The molecule has 1 fully saturated rings. The minimum Gasteiger partial charge on any atom is -0.497 e. The highest BCUT2D eigenvalue weighted by molar-refractivity contribution is 5.93. The number of nitrogens with one attached hydrogen (secondary N) is 1. The lowest BCUT2D eigenvalue weighted by Gasteiger charge is -2.32. The predicted molar refractivity (Wildman–Crippen MR) is 98.1 cm³/mol. The van der Waals surface area contributed by atoms with Gasteiger partial charge in [0.25, 0.3) is 5.91 Å². The standard InChI is InChI=1S/C19H22N4O3/c1-26-17-4-2-15(3-5-17)13-21-16-6-7-20-18(12-16)19(25)23-10-8-22(14-24)9-11-23/h2-7,12,14H,8-11,13H2,1H3,(H,20,21). The topological polar surface area (TPSA) is 74.8 Å². The van der Waals surface area contributed by atoms with Crippen LogP contribution in [-0.2, 0) is 11.3 Å². The maximum absolute atomic E-state index is 12.6. The summed E-state index contributed by atoms with van der Waals surface area (Å²) in [5, 5.41) is 3.31. The Labute approximate surface area is 152 Å². The van der Waals surface area contributed by atoms with Crippen molar-refractivity contribution in [3.63, 3.8) is 0 Å². The summed E-state index contributed by atoms with van der Waals surface area (Å²) in [6.07, 6.45) is 2.45. The number of piperazine rings is 1. The third-order valence-electron chi connectivity index (χ3n) is 4.39. The third kappa shape index (κ3) is 4.30. The van der Waals surface area contributed by atoms with E-state index in [4.69, 9.17) is 4.74 Å². The summed E-state index contributed by atoms with van der Waals surface area (Å²) in [6, 6.07) is 11.4. The number of anilines is 1. The van der Waals surface area contributed by atoms with Crippen LogP contribution in [0.1, 0.15) is 16.1 Å². The molecule has 1 saturated heterocycles. The number of carbonyl (C=O) groups is 2. The summed E-state index contributed by atoms with van der Waals surface area (Å²) in [6.45, 7) is 2.82. The first-order valence-electron chi connectivity index (χ1n) is 8.51. The van der Waals surface area contributed by atoms with Crippen molar-refractivity contribution in [2.45, 2.75) is 6.54 Å². The largest absolute Gasteiger partial charge is 0.497 e. The number of pyridine rings is 1. The fraction of sp³-hybridized carbons (Fsp3) is 0.316. The summed E-state index contributed by atoms with van der Waals surface area (Å²) in [4.78, 5) is 31.0. The monoisotopic (exact) mass is 354 g/mol. The molecular formula is C19H22N4O3. The first kappa shape index (κ1) is 17.7. The van der Waals surface area contributed by atoms with Crippen molar-refractivity contribution in [3.05, 3.63) is 53.9 Å². The van der Waals surface area contributed by atoms with Gasteiger partial charge in [0.2, 0.25) is 6.41 Å². The zero-order chi connectivity index (χ0) is 18.4. The number of hydrogen-bond donors (Lipinski definition) is 1. The molecule has 1 aliphatic rings. The van der Waals surface area contributed by atoms with Crippen molar-refractivity contribution in [3.8, 4) is 5.75 Å². The van der Waals surface area contributed by atoms with Crippen LogP contribution in [0.4, 0.5) is 5.69 Å². The van der Waals surface area contributed by atoms with E-state index in [2.05, 4.69) is 10.3 Å². The molecule has 0 aliphatic carbocycles. The number of rotatable bonds is 6. The van der Waals surface area contributed by atoms with Gasteiger partial charge in [0, 0.05) is 44.6 Å². The van der Waals surface area contributed by atoms with Crippen LogP contribution >= 0.6 is 0 Å². The van der Waals surface area contributed by atoms with E-state index < -0.39 is 0 Å². The van der Waals surface area contributed by atoms with Crippen molar-refractivity contribution >= 4 is 18.0 Å². The van der Waals surface area contributed by atoms with Gasteiger partial charge in [-0.2, -0.15) is 0 Å². The molecule has 0 atom stereocenters. The number of aromatic nitrogens is 1. The average Bonchev–Trinajstić information content (AvgIpc) is 2.72. The van der Waals surface area contributed by atoms with Gasteiger partial charge in [-0.1, -0.05) is 12.1 Å². The second kappa shape index (κ2) is 8.33. The zero-order valence-corrected chi connectivity index (χ0v) is 14.7. The lowest BCUT2D eigenvalue weighted by atomic mass is 10.2. The Kier molecular flexibility index (Phi) is 5.68. The van der Waals surface area contributed by atoms with E-state index >= 15 is 0 Å². The minimum atomic E-state index is -0.108. The first-order chi connectivity index (χ1) is 12.7. The number of nitrogens with zero attached hydrogens (tertiary/aromatic N) is 3. The van der Waals surface area contributed by atoms with E-state index in [-0.39, 0.29) is 5.91 Å². The van der Waals surface area contributed by atoms with E-state index in [0.29, 0.717) is 38.4 Å². The maximum atomic E-state index is 12.6. The molecule has 1 N–H and O–H groups in total. The molecule has 0 radical (unpaired) electrons. The van der Waals surface area contributed by atoms with Crippen LogP contribution < -0.4 is 10.1 Å². The molecule has 26 heavy (non-hydrogen) atoms. The van der Waals surface area contributed by atoms with Crippen molar-refractivity contribution in [2.75, 3.05) is 38.6 Å². The average molecular weight is 354 g/mol. The Morgan fingerprint density at radius 3 is 2.58 bits per heavy atom. The summed E-state index contributed by atoms with van der Waals surface area (Å²) < 4.78 is 5.15. The lowest BCUT2D eigenvalue weighted by Crippen LogP contribution is -2.48. The number of hydrogen-bond acceptors (Lipinski definition) is 5. The Balaban J connectivity index is 1.60. The van der Waals surface area contributed by atoms with Crippen molar-refractivity contribution < 1.29 is 14.3 Å². The zero-order valence-electron chi connectivity index (χ0n) is 14.7. The maximum Gasteiger partial charge on any atom is 0.272 e. The Morgan fingerprint density at radius 1 is 1.19 bits per heavy atom. The van der Waals surface area contributed by atoms with Crippen molar-refractivity contribution in [1.29, 1.82) is 0 Å². The molecule has 7 heteroatoms. The second-order valence-electron chi connectivity index (χ2n) is 6.06. The van der Waals surface area contributed by atoms with Crippen LogP contribution in [-0.4, -0.2) is 60.4 Å². The van der Waals surface area contributed by atoms with Gasteiger partial charge >= 0.3 is 0 Å². The highest BCUT2D eigenvalue weighted by Crippen LogP contribution is 2.15. The molecule has 1 aromatic heterocycles. The summed E-state index contributed by atoms with van der Waals surface area (Å²) in [5.41, 5.74) is 2.36. The normalized spacial score (nSPS) is 14.0. The van der Waals surface area contributed by atoms with Gasteiger partial charge < -0.3 is 19.9 Å². The van der Waals surface area contributed by atoms with Crippen LogP contribution in [0, 0.1) is 0 Å². The van der Waals surface area contributed by atoms with Crippen LogP contribution in [0.15, 0.2) is 42.6 Å². The van der Waals surface area contributed by atoms with Crippen LogP contribution in [0.25, 0.3) is 0 Å². The van der Waals surface area contributed by atoms with Gasteiger partial charge in [-0.25, -0.2) is 0 Å². The third-order valence-corrected chi connectivity index (χ3v) is 4.39. The predicted octanol–water partition coefficient (Wildman–Crippen LogP) is 1.62. The number of benzene rings is 1.